The molecule has 0 fully saturated rings. The molecule has 0 unspecified atom stereocenters. The number of rotatable bonds is 11. The molecule has 2 aromatic rings. The van der Waals surface area contributed by atoms with Gasteiger partial charge in [-0.05, 0) is 36.8 Å². The van der Waals surface area contributed by atoms with Crippen molar-refractivity contribution in [2.75, 3.05) is 36.7 Å². The van der Waals surface area contributed by atoms with Crippen molar-refractivity contribution in [3.8, 4) is 11.5 Å². The first-order chi connectivity index (χ1) is 14.0. The van der Waals surface area contributed by atoms with Gasteiger partial charge >= 0.3 is 0 Å². The predicted octanol–water partition coefficient (Wildman–Crippen LogP) is 4.27. The lowest BCUT2D eigenvalue weighted by atomic mass is 10.2. The van der Waals surface area contributed by atoms with E-state index in [1.165, 1.54) is 7.11 Å². The Balaban J connectivity index is 1.90. The minimum Gasteiger partial charge on any atom is -0.497 e. The monoisotopic (exact) mass is 399 g/mol. The maximum Gasteiger partial charge on any atom is 0.243 e. The third-order valence-corrected chi connectivity index (χ3v) is 4.29. The van der Waals surface area contributed by atoms with Crippen molar-refractivity contribution in [1.82, 2.24) is 0 Å². The van der Waals surface area contributed by atoms with Crippen molar-refractivity contribution >= 4 is 28.9 Å². The van der Waals surface area contributed by atoms with Gasteiger partial charge in [-0.1, -0.05) is 25.8 Å². The van der Waals surface area contributed by atoms with E-state index in [-0.39, 0.29) is 18.4 Å². The molecule has 2 aromatic carbocycles. The van der Waals surface area contributed by atoms with E-state index < -0.39 is 0 Å². The molecule has 3 N–H and O–H groups in total. The number of carbonyl (C=O) groups is 2. The zero-order valence-electron chi connectivity index (χ0n) is 17.2. The van der Waals surface area contributed by atoms with Crippen LogP contribution in [-0.2, 0) is 9.59 Å². The summed E-state index contributed by atoms with van der Waals surface area (Å²) >= 11 is 0. The Morgan fingerprint density at radius 1 is 0.897 bits per heavy atom. The van der Waals surface area contributed by atoms with Crippen LogP contribution in [0.25, 0.3) is 0 Å². The van der Waals surface area contributed by atoms with Crippen molar-refractivity contribution < 1.29 is 19.1 Å². The normalized spacial score (nSPS) is 10.2. The molecule has 0 spiro atoms. The van der Waals surface area contributed by atoms with Crippen molar-refractivity contribution in [1.29, 1.82) is 0 Å². The van der Waals surface area contributed by atoms with Gasteiger partial charge in [0.05, 0.1) is 26.5 Å². The minimum atomic E-state index is -0.231. The van der Waals surface area contributed by atoms with Crippen LogP contribution >= 0.6 is 0 Å². The van der Waals surface area contributed by atoms with Gasteiger partial charge in [-0.25, -0.2) is 0 Å². The average Bonchev–Trinajstić information content (AvgIpc) is 2.72. The van der Waals surface area contributed by atoms with Gasteiger partial charge in [-0.15, -0.1) is 0 Å². The van der Waals surface area contributed by atoms with E-state index in [1.54, 1.807) is 31.4 Å². The van der Waals surface area contributed by atoms with Gasteiger partial charge in [0.2, 0.25) is 11.8 Å². The van der Waals surface area contributed by atoms with Gasteiger partial charge in [0, 0.05) is 23.9 Å². The molecule has 7 heteroatoms. The topological polar surface area (TPSA) is 88.7 Å². The summed E-state index contributed by atoms with van der Waals surface area (Å²) in [5.41, 5.74) is 1.97. The number of unbranched alkanes of at least 4 members (excludes halogenated alkanes) is 2. The van der Waals surface area contributed by atoms with Crippen molar-refractivity contribution in [2.45, 2.75) is 32.6 Å². The Hall–Kier alpha value is -3.22. The molecule has 0 aliphatic heterocycles. The predicted molar refractivity (Wildman–Crippen MR) is 116 cm³/mol. The summed E-state index contributed by atoms with van der Waals surface area (Å²) in [6, 6.07) is 12.5. The first-order valence-corrected chi connectivity index (χ1v) is 9.71. The van der Waals surface area contributed by atoms with Crippen LogP contribution in [0.3, 0.4) is 0 Å². The quantitative estimate of drug-likeness (QED) is 0.491. The highest BCUT2D eigenvalue weighted by atomic mass is 16.5. The van der Waals surface area contributed by atoms with Crippen LogP contribution in [0.5, 0.6) is 11.5 Å². The fourth-order valence-corrected chi connectivity index (χ4v) is 2.75. The largest absolute Gasteiger partial charge is 0.497 e. The van der Waals surface area contributed by atoms with Gasteiger partial charge in [0.15, 0.2) is 0 Å². The van der Waals surface area contributed by atoms with E-state index in [4.69, 9.17) is 9.47 Å². The van der Waals surface area contributed by atoms with Gasteiger partial charge in [-0.3, -0.25) is 9.59 Å². The lowest BCUT2D eigenvalue weighted by Gasteiger charge is -2.13. The number of anilines is 3. The summed E-state index contributed by atoms with van der Waals surface area (Å²) in [6.07, 6.45) is 3.52. The summed E-state index contributed by atoms with van der Waals surface area (Å²) in [4.78, 5) is 24.3. The van der Waals surface area contributed by atoms with Crippen LogP contribution < -0.4 is 25.4 Å². The highest BCUT2D eigenvalue weighted by Gasteiger charge is 2.09. The molecular formula is C22H29N3O4. The van der Waals surface area contributed by atoms with Crippen molar-refractivity contribution in [3.05, 3.63) is 42.5 Å². The number of ether oxygens (including phenoxy) is 2. The van der Waals surface area contributed by atoms with Crippen LogP contribution in [0.2, 0.25) is 0 Å². The van der Waals surface area contributed by atoms with E-state index in [1.807, 2.05) is 18.2 Å². The van der Waals surface area contributed by atoms with Crippen molar-refractivity contribution in [3.63, 3.8) is 0 Å². The van der Waals surface area contributed by atoms with E-state index in [2.05, 4.69) is 22.9 Å². The molecule has 7 nitrogen and oxygen atoms in total. The highest BCUT2D eigenvalue weighted by molar-refractivity contribution is 5.95. The maximum absolute atomic E-state index is 12.3. The molecule has 0 heterocycles. The Morgan fingerprint density at radius 3 is 2.41 bits per heavy atom. The number of methoxy groups -OCH3 is 2. The number of amides is 2. The Kier molecular flexibility index (Phi) is 8.82. The third-order valence-electron chi connectivity index (χ3n) is 4.29. The minimum absolute atomic E-state index is 0.00142. The van der Waals surface area contributed by atoms with Crippen molar-refractivity contribution in [2.24, 2.45) is 0 Å². The summed E-state index contributed by atoms with van der Waals surface area (Å²) in [7, 11) is 3.10. The number of nitrogens with one attached hydrogen (secondary N) is 3. The Morgan fingerprint density at radius 2 is 1.69 bits per heavy atom. The molecule has 0 atom stereocenters. The summed E-state index contributed by atoms with van der Waals surface area (Å²) in [5.74, 6) is 0.937. The molecule has 0 saturated heterocycles. The summed E-state index contributed by atoms with van der Waals surface area (Å²) in [5, 5.41) is 8.75. The molecule has 0 aliphatic carbocycles. The fourth-order valence-electron chi connectivity index (χ4n) is 2.75. The van der Waals surface area contributed by atoms with Crippen LogP contribution in [-0.4, -0.2) is 32.6 Å². The lowest BCUT2D eigenvalue weighted by molar-refractivity contribution is -0.116. The zero-order chi connectivity index (χ0) is 21.1. The second-order valence-corrected chi connectivity index (χ2v) is 6.55. The molecule has 0 aliphatic rings. The van der Waals surface area contributed by atoms with Gasteiger partial charge in [0.1, 0.15) is 11.5 Å². The average molecular weight is 399 g/mol. The second kappa shape index (κ2) is 11.6. The molecule has 29 heavy (non-hydrogen) atoms. The summed E-state index contributed by atoms with van der Waals surface area (Å²) in [6.45, 7) is 2.17. The smallest absolute Gasteiger partial charge is 0.243 e. The van der Waals surface area contributed by atoms with E-state index in [9.17, 15) is 9.59 Å². The lowest BCUT2D eigenvalue weighted by Crippen LogP contribution is -2.22. The first-order valence-electron chi connectivity index (χ1n) is 9.71. The SMILES string of the molecule is CCCCCC(=O)Nc1cccc(NCC(=O)Nc2cc(OC)ccc2OC)c1. The number of hydrogen-bond acceptors (Lipinski definition) is 5. The molecular weight excluding hydrogens is 370 g/mol. The highest BCUT2D eigenvalue weighted by Crippen LogP contribution is 2.28. The molecule has 0 saturated carbocycles. The van der Waals surface area contributed by atoms with E-state index >= 15 is 0 Å². The van der Waals surface area contributed by atoms with Gasteiger partial charge < -0.3 is 25.4 Å². The molecule has 0 bridgehead atoms. The molecule has 2 amide bonds. The molecule has 0 radical (unpaired) electrons. The number of benzene rings is 2. The second-order valence-electron chi connectivity index (χ2n) is 6.55. The van der Waals surface area contributed by atoms with Crippen LogP contribution in [0.1, 0.15) is 32.6 Å². The Bertz CT molecular complexity index is 823. The fraction of sp³-hybridized carbons (Fsp3) is 0.364. The van der Waals surface area contributed by atoms with Crippen LogP contribution in [0.15, 0.2) is 42.5 Å². The van der Waals surface area contributed by atoms with Gasteiger partial charge in [0.25, 0.3) is 0 Å². The van der Waals surface area contributed by atoms with Crippen LogP contribution in [0.4, 0.5) is 17.1 Å². The zero-order valence-corrected chi connectivity index (χ0v) is 17.2. The van der Waals surface area contributed by atoms with Crippen LogP contribution in [0, 0.1) is 0 Å². The number of carbonyl (C=O) groups excluding carboxylic acids is 2. The standard InChI is InChI=1S/C22H29N3O4/c1-4-5-6-10-21(26)24-17-9-7-8-16(13-17)23-15-22(27)25-19-14-18(28-2)11-12-20(19)29-3/h7-9,11-14,23H,4-6,10,15H2,1-3H3,(H,24,26)(H,25,27). The third kappa shape index (κ3) is 7.37. The molecule has 156 valence electrons. The Labute approximate surface area is 171 Å². The molecule has 0 aromatic heterocycles. The first kappa shape index (κ1) is 22.1. The number of hydrogen-bond donors (Lipinski definition) is 3. The van der Waals surface area contributed by atoms with E-state index in [0.717, 1.165) is 24.9 Å². The maximum atomic E-state index is 12.3. The van der Waals surface area contributed by atoms with E-state index in [0.29, 0.717) is 29.3 Å². The molecule has 2 rings (SSSR count). The summed E-state index contributed by atoms with van der Waals surface area (Å²) < 4.78 is 10.4. The van der Waals surface area contributed by atoms with Gasteiger partial charge in [-0.2, -0.15) is 0 Å².